The van der Waals surface area contributed by atoms with Gasteiger partial charge in [-0.1, -0.05) is 0 Å². The molecule has 0 atom stereocenters. The van der Waals surface area contributed by atoms with Crippen LogP contribution in [0.1, 0.15) is 24.1 Å². The summed E-state index contributed by atoms with van der Waals surface area (Å²) >= 11 is 0. The molecule has 1 saturated heterocycles. The molecule has 132 valence electrons. The minimum absolute atomic E-state index is 0.0597. The van der Waals surface area contributed by atoms with Gasteiger partial charge in [-0.2, -0.15) is 28.7 Å². The summed E-state index contributed by atoms with van der Waals surface area (Å²) in [6.07, 6.45) is -2.91. The normalized spacial score (nSPS) is 15.8. The van der Waals surface area contributed by atoms with Crippen molar-refractivity contribution >= 4 is 0 Å². The molecule has 0 radical (unpaired) electrons. The van der Waals surface area contributed by atoms with Gasteiger partial charge in [-0.05, 0) is 37.0 Å². The molecule has 3 rings (SSSR count). The van der Waals surface area contributed by atoms with Gasteiger partial charge in [0.2, 0.25) is 0 Å². The van der Waals surface area contributed by atoms with Gasteiger partial charge in [-0.3, -0.25) is 0 Å². The van der Waals surface area contributed by atoms with Crippen molar-refractivity contribution in [3.05, 3.63) is 29.5 Å². The Kier molecular flexibility index (Phi) is 4.90. The number of hydrogen-bond donors (Lipinski definition) is 1. The number of H-pyrrole nitrogens is 1. The Labute approximate surface area is 141 Å². The lowest BCUT2D eigenvalue weighted by Gasteiger charge is -2.22. The topological polar surface area (TPSA) is 83.8 Å². The van der Waals surface area contributed by atoms with E-state index in [4.69, 9.17) is 14.7 Å². The average molecular weight is 352 g/mol. The molecule has 1 aromatic carbocycles. The van der Waals surface area contributed by atoms with Crippen molar-refractivity contribution in [2.75, 3.05) is 19.8 Å². The van der Waals surface area contributed by atoms with E-state index in [1.54, 1.807) is 6.07 Å². The molecule has 0 saturated carbocycles. The van der Waals surface area contributed by atoms with Crippen LogP contribution >= 0.6 is 0 Å². The fraction of sp³-hybridized carbons (Fsp3) is 0.438. The summed E-state index contributed by atoms with van der Waals surface area (Å²) in [4.78, 5) is 0. The van der Waals surface area contributed by atoms with Crippen LogP contribution in [0.4, 0.5) is 13.2 Å². The lowest BCUT2D eigenvalue weighted by atomic mass is 10.0. The van der Waals surface area contributed by atoms with Crippen LogP contribution in [0, 0.1) is 17.2 Å². The van der Waals surface area contributed by atoms with Gasteiger partial charge < -0.3 is 9.47 Å². The van der Waals surface area contributed by atoms with Crippen LogP contribution in [0.25, 0.3) is 11.3 Å². The Morgan fingerprint density at radius 2 is 2.00 bits per heavy atom. The minimum Gasteiger partial charge on any atom is -0.493 e. The SMILES string of the molecule is N#Cc1n[nH]nc1-c1cc(OCC2CCOCC2)cc(C(F)(F)F)c1. The van der Waals surface area contributed by atoms with Crippen LogP contribution in [0.15, 0.2) is 18.2 Å². The molecule has 2 heterocycles. The van der Waals surface area contributed by atoms with Gasteiger partial charge in [0, 0.05) is 18.8 Å². The number of ether oxygens (including phenoxy) is 2. The monoisotopic (exact) mass is 352 g/mol. The Morgan fingerprint density at radius 1 is 1.24 bits per heavy atom. The highest BCUT2D eigenvalue weighted by Crippen LogP contribution is 2.36. The predicted molar refractivity (Wildman–Crippen MR) is 80.6 cm³/mol. The van der Waals surface area contributed by atoms with Crippen LogP contribution in [0.2, 0.25) is 0 Å². The minimum atomic E-state index is -4.54. The first kappa shape index (κ1) is 17.2. The highest BCUT2D eigenvalue weighted by atomic mass is 19.4. The van der Waals surface area contributed by atoms with Crippen LogP contribution in [0.3, 0.4) is 0 Å². The van der Waals surface area contributed by atoms with E-state index < -0.39 is 11.7 Å². The quantitative estimate of drug-likeness (QED) is 0.914. The number of alkyl halides is 3. The van der Waals surface area contributed by atoms with Crippen molar-refractivity contribution in [2.45, 2.75) is 19.0 Å². The third-order valence-corrected chi connectivity index (χ3v) is 3.99. The van der Waals surface area contributed by atoms with E-state index in [2.05, 4.69) is 15.4 Å². The molecule has 0 aliphatic carbocycles. The number of nitriles is 1. The second-order valence-corrected chi connectivity index (χ2v) is 5.74. The third-order valence-electron chi connectivity index (χ3n) is 3.99. The van der Waals surface area contributed by atoms with Crippen LogP contribution < -0.4 is 4.74 Å². The first-order valence-corrected chi connectivity index (χ1v) is 7.71. The Hall–Kier alpha value is -2.60. The molecule has 2 aromatic rings. The second kappa shape index (κ2) is 7.11. The zero-order valence-electron chi connectivity index (χ0n) is 13.1. The summed E-state index contributed by atoms with van der Waals surface area (Å²) in [7, 11) is 0. The smallest absolute Gasteiger partial charge is 0.416 e. The number of hydrogen-bond acceptors (Lipinski definition) is 5. The Morgan fingerprint density at radius 3 is 2.68 bits per heavy atom. The molecular formula is C16H15F3N4O2. The van der Waals surface area contributed by atoms with E-state index in [-0.39, 0.29) is 28.6 Å². The summed E-state index contributed by atoms with van der Waals surface area (Å²) in [5, 5.41) is 18.6. The fourth-order valence-corrected chi connectivity index (χ4v) is 2.62. The van der Waals surface area contributed by atoms with E-state index >= 15 is 0 Å². The van der Waals surface area contributed by atoms with Crippen LogP contribution in [-0.2, 0) is 10.9 Å². The molecule has 1 aliphatic rings. The summed E-state index contributed by atoms with van der Waals surface area (Å²) in [5.41, 5.74) is -0.750. The number of benzene rings is 1. The number of aromatic nitrogens is 3. The molecule has 1 fully saturated rings. The Bertz CT molecular complexity index is 776. The molecule has 0 spiro atoms. The number of nitrogens with one attached hydrogen (secondary N) is 1. The van der Waals surface area contributed by atoms with Crippen molar-refractivity contribution in [2.24, 2.45) is 5.92 Å². The largest absolute Gasteiger partial charge is 0.493 e. The summed E-state index contributed by atoms with van der Waals surface area (Å²) in [6.45, 7) is 1.58. The van der Waals surface area contributed by atoms with Gasteiger partial charge >= 0.3 is 6.18 Å². The maximum atomic E-state index is 13.2. The van der Waals surface area contributed by atoms with Crippen molar-refractivity contribution < 1.29 is 22.6 Å². The second-order valence-electron chi connectivity index (χ2n) is 5.74. The molecule has 0 amide bonds. The zero-order valence-corrected chi connectivity index (χ0v) is 13.1. The molecule has 9 heteroatoms. The molecule has 0 bridgehead atoms. The summed E-state index contributed by atoms with van der Waals surface area (Å²) in [5.74, 6) is 0.330. The lowest BCUT2D eigenvalue weighted by molar-refractivity contribution is -0.137. The average Bonchev–Trinajstić information content (AvgIpc) is 3.08. The van der Waals surface area contributed by atoms with E-state index in [1.807, 2.05) is 0 Å². The van der Waals surface area contributed by atoms with Crippen LogP contribution in [0.5, 0.6) is 5.75 Å². The van der Waals surface area contributed by atoms with E-state index in [0.717, 1.165) is 25.0 Å². The molecule has 0 unspecified atom stereocenters. The maximum Gasteiger partial charge on any atom is 0.416 e. The van der Waals surface area contributed by atoms with Gasteiger partial charge in [0.05, 0.1) is 12.2 Å². The van der Waals surface area contributed by atoms with Crippen LogP contribution in [-0.4, -0.2) is 35.2 Å². The van der Waals surface area contributed by atoms with Crippen molar-refractivity contribution in [1.29, 1.82) is 5.26 Å². The molecule has 25 heavy (non-hydrogen) atoms. The molecule has 1 N–H and O–H groups in total. The van der Waals surface area contributed by atoms with Crippen molar-refractivity contribution in [1.82, 2.24) is 15.4 Å². The van der Waals surface area contributed by atoms with E-state index in [9.17, 15) is 13.2 Å². The number of nitrogens with zero attached hydrogens (tertiary/aromatic N) is 3. The number of rotatable bonds is 4. The Balaban J connectivity index is 1.89. The van der Waals surface area contributed by atoms with Gasteiger partial charge in [0.15, 0.2) is 5.69 Å². The molecule has 1 aromatic heterocycles. The fourth-order valence-electron chi connectivity index (χ4n) is 2.62. The number of aromatic amines is 1. The highest BCUT2D eigenvalue weighted by Gasteiger charge is 2.32. The first-order valence-electron chi connectivity index (χ1n) is 7.71. The molecule has 6 nitrogen and oxygen atoms in total. The predicted octanol–water partition coefficient (Wildman–Crippen LogP) is 3.17. The summed E-state index contributed by atoms with van der Waals surface area (Å²) in [6, 6.07) is 5.12. The van der Waals surface area contributed by atoms with Crippen molar-refractivity contribution in [3.63, 3.8) is 0 Å². The van der Waals surface area contributed by atoms with E-state index in [0.29, 0.717) is 19.8 Å². The van der Waals surface area contributed by atoms with Gasteiger partial charge in [0.25, 0.3) is 0 Å². The van der Waals surface area contributed by atoms with Gasteiger partial charge in [0.1, 0.15) is 17.5 Å². The summed E-state index contributed by atoms with van der Waals surface area (Å²) < 4.78 is 50.4. The number of halogens is 3. The third kappa shape index (κ3) is 4.09. The highest BCUT2D eigenvalue weighted by molar-refractivity contribution is 5.67. The first-order chi connectivity index (χ1) is 12.0. The van der Waals surface area contributed by atoms with Gasteiger partial charge in [-0.15, -0.1) is 5.10 Å². The molecular weight excluding hydrogens is 337 g/mol. The van der Waals surface area contributed by atoms with Gasteiger partial charge in [-0.25, -0.2) is 0 Å². The van der Waals surface area contributed by atoms with E-state index in [1.165, 1.54) is 6.07 Å². The zero-order chi connectivity index (χ0) is 17.9. The van der Waals surface area contributed by atoms with Crippen molar-refractivity contribution in [3.8, 4) is 23.1 Å². The maximum absolute atomic E-state index is 13.2. The molecule has 1 aliphatic heterocycles. The lowest BCUT2D eigenvalue weighted by Crippen LogP contribution is -2.21. The standard InChI is InChI=1S/C16H15F3N4O2/c17-16(18,19)12-5-11(15-14(8-20)21-23-22-15)6-13(7-12)25-9-10-1-3-24-4-2-10/h5-7,10H,1-4,9H2,(H,21,22,23).